The first-order chi connectivity index (χ1) is 10.6. The summed E-state index contributed by atoms with van der Waals surface area (Å²) in [6.45, 7) is 3.86. The predicted molar refractivity (Wildman–Crippen MR) is 78.8 cm³/mol. The highest BCUT2D eigenvalue weighted by atomic mass is 16.2. The van der Waals surface area contributed by atoms with E-state index in [4.69, 9.17) is 5.73 Å². The molecular formula is C14H22N6O2. The summed E-state index contributed by atoms with van der Waals surface area (Å²) in [5, 5.41) is 11.4. The predicted octanol–water partition coefficient (Wildman–Crippen LogP) is 0.192. The number of likely N-dealkylation sites (tertiary alicyclic amines) is 1. The second-order valence-electron chi connectivity index (χ2n) is 6.08. The van der Waals surface area contributed by atoms with E-state index in [-0.39, 0.29) is 17.9 Å². The average Bonchev–Trinajstić information content (AvgIpc) is 3.09. The highest BCUT2D eigenvalue weighted by Gasteiger charge is 2.29. The number of amides is 3. The smallest absolute Gasteiger partial charge is 0.314 e. The molecule has 1 fully saturated rings. The van der Waals surface area contributed by atoms with Crippen LogP contribution >= 0.6 is 0 Å². The van der Waals surface area contributed by atoms with Crippen LogP contribution < -0.4 is 11.1 Å². The highest BCUT2D eigenvalue weighted by molar-refractivity contribution is 5.80. The van der Waals surface area contributed by atoms with Crippen molar-refractivity contribution < 1.29 is 9.59 Å². The van der Waals surface area contributed by atoms with Gasteiger partial charge in [-0.3, -0.25) is 4.79 Å². The van der Waals surface area contributed by atoms with Gasteiger partial charge in [-0.1, -0.05) is 0 Å². The molecule has 3 rings (SSSR count). The maximum Gasteiger partial charge on any atom is 0.314 e. The molecule has 0 radical (unpaired) electrons. The molecule has 2 aliphatic rings. The number of nitrogens with zero attached hydrogens (tertiary/aromatic N) is 4. The third-order valence-electron chi connectivity index (χ3n) is 4.49. The van der Waals surface area contributed by atoms with Gasteiger partial charge >= 0.3 is 6.03 Å². The number of carbonyl (C=O) groups excluding carboxylic acids is 2. The van der Waals surface area contributed by atoms with Crippen LogP contribution in [0.1, 0.15) is 43.9 Å². The summed E-state index contributed by atoms with van der Waals surface area (Å²) in [6.07, 6.45) is 3.61. The maximum absolute atomic E-state index is 12.4. The number of nitrogens with one attached hydrogen (secondary N) is 1. The molecule has 1 aromatic heterocycles. The van der Waals surface area contributed by atoms with Crippen LogP contribution in [0, 0.1) is 5.92 Å². The number of hydrogen-bond donors (Lipinski definition) is 2. The molecule has 0 aromatic carbocycles. The molecule has 2 aliphatic heterocycles. The molecule has 3 N–H and O–H groups in total. The van der Waals surface area contributed by atoms with E-state index in [0.717, 1.165) is 43.9 Å². The van der Waals surface area contributed by atoms with Crippen LogP contribution in [0.2, 0.25) is 0 Å². The molecule has 3 heterocycles. The van der Waals surface area contributed by atoms with Crippen molar-refractivity contribution in [1.29, 1.82) is 0 Å². The molecule has 8 heteroatoms. The monoisotopic (exact) mass is 306 g/mol. The Hall–Kier alpha value is -2.12. The van der Waals surface area contributed by atoms with E-state index < -0.39 is 6.03 Å². The summed E-state index contributed by atoms with van der Waals surface area (Å²) in [6, 6.07) is -0.642. The van der Waals surface area contributed by atoms with Crippen LogP contribution in [0.5, 0.6) is 0 Å². The Balaban J connectivity index is 1.62. The fourth-order valence-corrected chi connectivity index (χ4v) is 3.28. The van der Waals surface area contributed by atoms with E-state index in [1.165, 1.54) is 4.90 Å². The number of aryl methyl sites for hydroxylation is 1. The number of urea groups is 1. The standard InChI is InChI=1S/C14H22N6O2/c1-9(12-18-17-11-5-3-7-20(11)12)16-13(21)10-4-2-6-19(8-10)14(15)22/h9-10H,2-8H2,1H3,(H2,15,22)(H,16,21). The Labute approximate surface area is 129 Å². The maximum atomic E-state index is 12.4. The molecule has 0 saturated carbocycles. The zero-order valence-electron chi connectivity index (χ0n) is 12.8. The lowest BCUT2D eigenvalue weighted by molar-refractivity contribution is -0.127. The molecule has 0 bridgehead atoms. The number of hydrogen-bond acceptors (Lipinski definition) is 4. The van der Waals surface area contributed by atoms with Crippen molar-refractivity contribution in [3.05, 3.63) is 11.6 Å². The molecule has 1 saturated heterocycles. The number of primary amides is 1. The van der Waals surface area contributed by atoms with Crippen molar-refractivity contribution in [3.63, 3.8) is 0 Å². The Morgan fingerprint density at radius 2 is 2.14 bits per heavy atom. The van der Waals surface area contributed by atoms with E-state index in [1.54, 1.807) is 0 Å². The molecule has 22 heavy (non-hydrogen) atoms. The summed E-state index contributed by atoms with van der Waals surface area (Å²) in [5.41, 5.74) is 5.30. The molecular weight excluding hydrogens is 284 g/mol. The Morgan fingerprint density at radius 3 is 2.91 bits per heavy atom. The van der Waals surface area contributed by atoms with Gasteiger partial charge in [-0.25, -0.2) is 4.79 Å². The van der Waals surface area contributed by atoms with Gasteiger partial charge in [-0.15, -0.1) is 10.2 Å². The molecule has 1 aromatic rings. The third-order valence-corrected chi connectivity index (χ3v) is 4.49. The molecule has 0 spiro atoms. The van der Waals surface area contributed by atoms with Gasteiger partial charge in [0.15, 0.2) is 5.82 Å². The fourth-order valence-electron chi connectivity index (χ4n) is 3.28. The average molecular weight is 306 g/mol. The number of carbonyl (C=O) groups is 2. The van der Waals surface area contributed by atoms with E-state index >= 15 is 0 Å². The summed E-state index contributed by atoms with van der Waals surface area (Å²) in [5.74, 6) is 1.55. The third kappa shape index (κ3) is 2.77. The van der Waals surface area contributed by atoms with Crippen LogP contribution in [-0.4, -0.2) is 44.7 Å². The van der Waals surface area contributed by atoms with Crippen molar-refractivity contribution in [2.24, 2.45) is 11.7 Å². The number of piperidine rings is 1. The molecule has 2 unspecified atom stereocenters. The first-order valence-electron chi connectivity index (χ1n) is 7.83. The van der Waals surface area contributed by atoms with Crippen molar-refractivity contribution in [1.82, 2.24) is 25.0 Å². The van der Waals surface area contributed by atoms with Gasteiger partial charge < -0.3 is 20.5 Å². The Kier molecular flexibility index (Phi) is 4.00. The Morgan fingerprint density at radius 1 is 1.32 bits per heavy atom. The normalized spacial score (nSPS) is 22.2. The zero-order chi connectivity index (χ0) is 15.7. The first-order valence-corrected chi connectivity index (χ1v) is 7.83. The van der Waals surface area contributed by atoms with Gasteiger partial charge in [0.25, 0.3) is 0 Å². The van der Waals surface area contributed by atoms with Gasteiger partial charge in [0.2, 0.25) is 5.91 Å². The van der Waals surface area contributed by atoms with E-state index in [1.807, 2.05) is 6.92 Å². The molecule has 3 amide bonds. The highest BCUT2D eigenvalue weighted by Crippen LogP contribution is 2.21. The van der Waals surface area contributed by atoms with Crippen LogP contribution in [0.25, 0.3) is 0 Å². The van der Waals surface area contributed by atoms with Crippen LogP contribution in [0.3, 0.4) is 0 Å². The fraction of sp³-hybridized carbons (Fsp3) is 0.714. The second-order valence-corrected chi connectivity index (χ2v) is 6.08. The van der Waals surface area contributed by atoms with Gasteiger partial charge in [0.05, 0.1) is 12.0 Å². The van der Waals surface area contributed by atoms with Crippen LogP contribution in [0.15, 0.2) is 0 Å². The van der Waals surface area contributed by atoms with Crippen molar-refractivity contribution >= 4 is 11.9 Å². The quantitative estimate of drug-likeness (QED) is 0.831. The van der Waals surface area contributed by atoms with E-state index in [2.05, 4.69) is 20.1 Å². The molecule has 2 atom stereocenters. The van der Waals surface area contributed by atoms with Crippen LogP contribution in [-0.2, 0) is 17.8 Å². The lowest BCUT2D eigenvalue weighted by Crippen LogP contribution is -2.47. The summed E-state index contributed by atoms with van der Waals surface area (Å²) < 4.78 is 2.08. The zero-order valence-corrected chi connectivity index (χ0v) is 12.8. The molecule has 120 valence electrons. The second kappa shape index (κ2) is 5.94. The minimum atomic E-state index is -0.458. The largest absolute Gasteiger partial charge is 0.351 e. The number of nitrogens with two attached hydrogens (primary N) is 1. The lowest BCUT2D eigenvalue weighted by Gasteiger charge is -2.31. The van der Waals surface area contributed by atoms with Crippen LogP contribution in [0.4, 0.5) is 4.79 Å². The molecule has 8 nitrogen and oxygen atoms in total. The van der Waals surface area contributed by atoms with Crippen molar-refractivity contribution in [2.45, 2.75) is 45.2 Å². The lowest BCUT2D eigenvalue weighted by atomic mass is 9.97. The van der Waals surface area contributed by atoms with Gasteiger partial charge in [-0.05, 0) is 26.2 Å². The number of rotatable bonds is 3. The van der Waals surface area contributed by atoms with E-state index in [0.29, 0.717) is 13.1 Å². The van der Waals surface area contributed by atoms with Gasteiger partial charge in [0, 0.05) is 26.1 Å². The van der Waals surface area contributed by atoms with Crippen molar-refractivity contribution in [2.75, 3.05) is 13.1 Å². The topological polar surface area (TPSA) is 106 Å². The molecule has 0 aliphatic carbocycles. The summed E-state index contributed by atoms with van der Waals surface area (Å²) in [4.78, 5) is 25.2. The van der Waals surface area contributed by atoms with Gasteiger partial charge in [0.1, 0.15) is 5.82 Å². The minimum absolute atomic E-state index is 0.0474. The van der Waals surface area contributed by atoms with Crippen molar-refractivity contribution in [3.8, 4) is 0 Å². The number of fused-ring (bicyclic) bond motifs is 1. The van der Waals surface area contributed by atoms with Gasteiger partial charge in [-0.2, -0.15) is 0 Å². The summed E-state index contributed by atoms with van der Waals surface area (Å²) in [7, 11) is 0. The minimum Gasteiger partial charge on any atom is -0.351 e. The SMILES string of the molecule is CC(NC(=O)C1CCCN(C(N)=O)C1)c1nnc2n1CCC2. The summed E-state index contributed by atoms with van der Waals surface area (Å²) >= 11 is 0. The van der Waals surface area contributed by atoms with E-state index in [9.17, 15) is 9.59 Å². The first kappa shape index (κ1) is 14.8. The number of aromatic nitrogens is 3. The Bertz CT molecular complexity index is 584.